The number of rotatable bonds is 6. The summed E-state index contributed by atoms with van der Waals surface area (Å²) in [5, 5.41) is 9.16. The van der Waals surface area contributed by atoms with Crippen molar-refractivity contribution in [3.8, 4) is 0 Å². The summed E-state index contributed by atoms with van der Waals surface area (Å²) in [4.78, 5) is 14.7. The van der Waals surface area contributed by atoms with Crippen molar-refractivity contribution in [2.75, 3.05) is 32.7 Å². The van der Waals surface area contributed by atoms with E-state index >= 15 is 0 Å². The minimum Gasteiger partial charge on any atom is -0.350 e. The molecule has 1 aliphatic carbocycles. The number of benzene rings is 1. The summed E-state index contributed by atoms with van der Waals surface area (Å²) in [5.74, 6) is -3.62. The summed E-state index contributed by atoms with van der Waals surface area (Å²) in [6, 6.07) is 2.35. The number of carbonyl (C=O) groups is 1. The SMILES string of the molecule is Cl.[2H]Cn1cc(S(=O)(=O)N2CCN(C3(CNC(=O)c4ccc(C(F)(F)F)cc4Cl)CCC(F)(F)CC3)CC2)nn1. The molecular formula is C22H27Cl2F5N6O3S. The highest BCUT2D eigenvalue weighted by molar-refractivity contribution is 7.89. The van der Waals surface area contributed by atoms with E-state index in [-0.39, 0.29) is 75.6 Å². The van der Waals surface area contributed by atoms with Gasteiger partial charge in [-0.2, -0.15) is 17.5 Å². The normalized spacial score (nSPS) is 20.6. The molecule has 0 atom stereocenters. The molecule has 0 spiro atoms. The number of alkyl halides is 5. The van der Waals surface area contributed by atoms with Crippen molar-refractivity contribution in [3.63, 3.8) is 0 Å². The number of aryl methyl sites for hydroxylation is 1. The molecule has 0 unspecified atom stereocenters. The van der Waals surface area contributed by atoms with Crippen LogP contribution in [0.1, 0.15) is 43.0 Å². The van der Waals surface area contributed by atoms with Gasteiger partial charge in [0, 0.05) is 59.5 Å². The highest BCUT2D eigenvalue weighted by Gasteiger charge is 2.48. The molecule has 0 radical (unpaired) electrons. The summed E-state index contributed by atoms with van der Waals surface area (Å²) in [5.41, 5.74) is -2.11. The van der Waals surface area contributed by atoms with Gasteiger partial charge in [0.25, 0.3) is 15.9 Å². The van der Waals surface area contributed by atoms with E-state index < -0.39 is 57.0 Å². The quantitative estimate of drug-likeness (QED) is 0.495. The number of aromatic nitrogens is 3. The summed E-state index contributed by atoms with van der Waals surface area (Å²) in [6.07, 6.45) is -4.31. The van der Waals surface area contributed by atoms with E-state index in [0.717, 1.165) is 23.0 Å². The molecule has 1 aliphatic heterocycles. The molecule has 0 bridgehead atoms. The average molecular weight is 622 g/mol. The van der Waals surface area contributed by atoms with E-state index in [1.807, 2.05) is 4.90 Å². The Morgan fingerprint density at radius 2 is 1.79 bits per heavy atom. The zero-order chi connectivity index (χ0) is 28.6. The van der Waals surface area contributed by atoms with E-state index in [1.54, 1.807) is 0 Å². The zero-order valence-electron chi connectivity index (χ0n) is 21.4. The molecule has 2 aliphatic rings. The smallest absolute Gasteiger partial charge is 0.350 e. The Morgan fingerprint density at radius 1 is 1.15 bits per heavy atom. The van der Waals surface area contributed by atoms with Crippen molar-refractivity contribution in [2.24, 2.45) is 7.02 Å². The van der Waals surface area contributed by atoms with Crippen LogP contribution < -0.4 is 5.32 Å². The standard InChI is InChI=1S/C22H26ClF5N6O3S.ClH/c1-32-13-18(30-31-32)38(36,37)34-10-8-33(9-11-34)20(4-6-21(24,25)7-5-20)14-29-19(35)16-3-2-15(12-17(16)23)22(26,27)28;/h2-3,12-13H,4-11,14H2,1H3,(H,29,35);1H/i1D;. The second kappa shape index (κ2) is 11.4. The fraction of sp³-hybridized carbons (Fsp3) is 0.591. The number of halogens is 7. The third-order valence-electron chi connectivity index (χ3n) is 7.06. The molecule has 1 saturated heterocycles. The van der Waals surface area contributed by atoms with Crippen molar-refractivity contribution in [1.82, 2.24) is 29.5 Å². The predicted molar refractivity (Wildman–Crippen MR) is 134 cm³/mol. The van der Waals surface area contributed by atoms with Crippen molar-refractivity contribution >= 4 is 39.9 Å². The maximum absolute atomic E-state index is 14.1. The van der Waals surface area contributed by atoms with Crippen LogP contribution in [-0.2, 0) is 23.2 Å². The first kappa shape index (κ1) is 29.9. The van der Waals surface area contributed by atoms with Crippen LogP contribution in [0.25, 0.3) is 0 Å². The van der Waals surface area contributed by atoms with Gasteiger partial charge in [-0.25, -0.2) is 17.2 Å². The monoisotopic (exact) mass is 621 g/mol. The summed E-state index contributed by atoms with van der Waals surface area (Å²) < 4.78 is 102. The second-order valence-electron chi connectivity index (χ2n) is 9.44. The van der Waals surface area contributed by atoms with Crippen LogP contribution in [-0.4, -0.2) is 82.7 Å². The lowest BCUT2D eigenvalue weighted by atomic mass is 9.78. The van der Waals surface area contributed by atoms with Gasteiger partial charge >= 0.3 is 6.18 Å². The van der Waals surface area contributed by atoms with Crippen molar-refractivity contribution in [3.05, 3.63) is 40.5 Å². The van der Waals surface area contributed by atoms with Gasteiger partial charge in [0.05, 0.1) is 22.3 Å². The van der Waals surface area contributed by atoms with Gasteiger partial charge < -0.3 is 5.32 Å². The molecule has 2 fully saturated rings. The fourth-order valence-corrected chi connectivity index (χ4v) is 6.40. The van der Waals surface area contributed by atoms with Gasteiger partial charge in [-0.3, -0.25) is 14.4 Å². The molecule has 39 heavy (non-hydrogen) atoms. The van der Waals surface area contributed by atoms with E-state index in [0.29, 0.717) is 6.07 Å². The Labute approximate surface area is 234 Å². The molecule has 2 aromatic rings. The van der Waals surface area contributed by atoms with E-state index in [1.165, 1.54) is 4.31 Å². The van der Waals surface area contributed by atoms with Crippen LogP contribution in [0.3, 0.4) is 0 Å². The summed E-state index contributed by atoms with van der Waals surface area (Å²) in [6.45, 7) is 0.367. The molecule has 4 rings (SSSR count). The third-order valence-corrected chi connectivity index (χ3v) is 9.14. The first-order chi connectivity index (χ1) is 18.2. The Hall–Kier alpha value is -2.07. The fourth-order valence-electron chi connectivity index (χ4n) is 4.84. The third kappa shape index (κ3) is 6.81. The molecule has 2 heterocycles. The van der Waals surface area contributed by atoms with Crippen LogP contribution in [0.15, 0.2) is 29.4 Å². The largest absolute Gasteiger partial charge is 0.416 e. The highest BCUT2D eigenvalue weighted by atomic mass is 35.5. The van der Waals surface area contributed by atoms with Gasteiger partial charge in [-0.1, -0.05) is 16.8 Å². The molecule has 17 heteroatoms. The topological polar surface area (TPSA) is 100 Å². The van der Waals surface area contributed by atoms with E-state index in [9.17, 15) is 35.2 Å². The van der Waals surface area contributed by atoms with E-state index in [2.05, 4.69) is 15.6 Å². The van der Waals surface area contributed by atoms with Crippen LogP contribution >= 0.6 is 24.0 Å². The number of sulfonamides is 1. The minimum atomic E-state index is -4.64. The highest BCUT2D eigenvalue weighted by Crippen LogP contribution is 2.42. The van der Waals surface area contributed by atoms with Gasteiger partial charge in [0.1, 0.15) is 0 Å². The Bertz CT molecular complexity index is 1310. The van der Waals surface area contributed by atoms with Gasteiger partial charge in [-0.05, 0) is 31.0 Å². The van der Waals surface area contributed by atoms with Crippen molar-refractivity contribution in [2.45, 2.75) is 48.3 Å². The van der Waals surface area contributed by atoms with Crippen LogP contribution in [0, 0.1) is 0 Å². The number of nitrogens with zero attached hydrogens (tertiary/aromatic N) is 5. The van der Waals surface area contributed by atoms with E-state index in [4.69, 9.17) is 13.0 Å². The number of piperazine rings is 1. The summed E-state index contributed by atoms with van der Waals surface area (Å²) >= 11 is 5.94. The Kier molecular flexibility index (Phi) is 8.76. The molecule has 1 amide bonds. The average Bonchev–Trinajstić information content (AvgIpc) is 3.38. The van der Waals surface area contributed by atoms with Crippen molar-refractivity contribution in [1.29, 1.82) is 0 Å². The number of carbonyl (C=O) groups excluding carboxylic acids is 1. The van der Waals surface area contributed by atoms with Crippen LogP contribution in [0.4, 0.5) is 22.0 Å². The van der Waals surface area contributed by atoms with Crippen molar-refractivity contribution < 1.29 is 36.5 Å². The minimum absolute atomic E-state index is 0. The molecule has 1 aromatic heterocycles. The maximum atomic E-state index is 14.1. The molecule has 1 aromatic carbocycles. The number of hydrogen-bond donors (Lipinski definition) is 1. The lowest BCUT2D eigenvalue weighted by Crippen LogP contribution is -2.63. The lowest BCUT2D eigenvalue weighted by molar-refractivity contribution is -0.137. The molecule has 1 N–H and O–H groups in total. The van der Waals surface area contributed by atoms with Gasteiger partial charge in [0.2, 0.25) is 10.9 Å². The summed E-state index contributed by atoms with van der Waals surface area (Å²) in [7, 11) is -4.28. The van der Waals surface area contributed by atoms with Crippen LogP contribution in [0.2, 0.25) is 5.02 Å². The molecule has 1 saturated carbocycles. The molecule has 9 nitrogen and oxygen atoms in total. The Morgan fingerprint density at radius 3 is 2.33 bits per heavy atom. The lowest BCUT2D eigenvalue weighted by Gasteiger charge is -2.50. The maximum Gasteiger partial charge on any atom is 0.416 e. The number of amides is 1. The van der Waals surface area contributed by atoms with Crippen LogP contribution in [0.5, 0.6) is 0 Å². The number of hydrogen-bond acceptors (Lipinski definition) is 6. The number of nitrogens with one attached hydrogen (secondary N) is 1. The van der Waals surface area contributed by atoms with Gasteiger partial charge in [-0.15, -0.1) is 17.5 Å². The first-order valence-electron chi connectivity index (χ1n) is 12.3. The van der Waals surface area contributed by atoms with Gasteiger partial charge in [0.15, 0.2) is 0 Å². The molecular weight excluding hydrogens is 594 g/mol. The second-order valence-corrected chi connectivity index (χ2v) is 11.7. The Balaban J connectivity index is 0.00000441. The predicted octanol–water partition coefficient (Wildman–Crippen LogP) is 3.59. The zero-order valence-corrected chi connectivity index (χ0v) is 22.8. The molecule has 218 valence electrons. The first-order valence-corrected chi connectivity index (χ1v) is 13.5.